The summed E-state index contributed by atoms with van der Waals surface area (Å²) in [6.45, 7) is -0.0607. The zero-order valence-electron chi connectivity index (χ0n) is 12.7. The Balaban J connectivity index is 2.03. The minimum Gasteiger partial charge on any atom is -0.375 e. The predicted molar refractivity (Wildman–Crippen MR) is 86.3 cm³/mol. The fraction of sp³-hybridized carbons (Fsp3) is 0.500. The van der Waals surface area contributed by atoms with Crippen LogP contribution in [0.5, 0.6) is 0 Å². The molecule has 1 fully saturated rings. The second kappa shape index (κ2) is 8.15. The number of hydrogen-bond donors (Lipinski definition) is 2. The van der Waals surface area contributed by atoms with Gasteiger partial charge in [0.1, 0.15) is 6.61 Å². The Morgan fingerprint density at radius 2 is 2.00 bits per heavy atom. The van der Waals surface area contributed by atoms with E-state index >= 15 is 0 Å². The van der Waals surface area contributed by atoms with E-state index in [4.69, 9.17) is 16.3 Å². The van der Waals surface area contributed by atoms with Crippen LogP contribution in [0.25, 0.3) is 0 Å². The van der Waals surface area contributed by atoms with E-state index in [0.717, 1.165) is 25.7 Å². The highest BCUT2D eigenvalue weighted by Gasteiger charge is 2.17. The van der Waals surface area contributed by atoms with Gasteiger partial charge in [-0.05, 0) is 31.0 Å². The molecule has 0 heterocycles. The van der Waals surface area contributed by atoms with Crippen molar-refractivity contribution < 1.29 is 14.3 Å². The Hall–Kier alpha value is -1.59. The Bertz CT molecular complexity index is 542. The lowest BCUT2D eigenvalue weighted by Gasteiger charge is -2.22. The molecule has 1 aromatic rings. The highest BCUT2D eigenvalue weighted by Crippen LogP contribution is 2.24. The minimum atomic E-state index is -0.311. The zero-order valence-corrected chi connectivity index (χ0v) is 13.4. The molecule has 2 N–H and O–H groups in total. The summed E-state index contributed by atoms with van der Waals surface area (Å²) in [6, 6.07) is 5.10. The fourth-order valence-corrected chi connectivity index (χ4v) is 2.76. The molecule has 2 amide bonds. The van der Waals surface area contributed by atoms with Gasteiger partial charge in [0, 0.05) is 18.7 Å². The lowest BCUT2D eigenvalue weighted by atomic mass is 9.95. The Kier molecular flexibility index (Phi) is 6.21. The maximum Gasteiger partial charge on any atom is 0.251 e. The molecule has 0 unspecified atom stereocenters. The summed E-state index contributed by atoms with van der Waals surface area (Å²) in [5, 5.41) is 6.06. The van der Waals surface area contributed by atoms with Crippen molar-refractivity contribution in [3.8, 4) is 0 Å². The number of anilines is 1. The lowest BCUT2D eigenvalue weighted by molar-refractivity contribution is -0.119. The second-order valence-electron chi connectivity index (χ2n) is 5.48. The predicted octanol–water partition coefficient (Wildman–Crippen LogP) is 2.99. The molecular formula is C16H21ClN2O3. The first-order valence-electron chi connectivity index (χ1n) is 7.49. The van der Waals surface area contributed by atoms with Gasteiger partial charge in [-0.1, -0.05) is 30.9 Å². The molecule has 5 nitrogen and oxygen atoms in total. The van der Waals surface area contributed by atoms with Gasteiger partial charge in [-0.3, -0.25) is 9.59 Å². The van der Waals surface area contributed by atoms with Crippen LogP contribution in [0.3, 0.4) is 0 Å². The molecule has 1 saturated carbocycles. The van der Waals surface area contributed by atoms with Gasteiger partial charge in [0.05, 0.1) is 10.7 Å². The maximum atomic E-state index is 12.3. The summed E-state index contributed by atoms with van der Waals surface area (Å²) in [5.41, 5.74) is 0.905. The number of rotatable bonds is 5. The summed E-state index contributed by atoms with van der Waals surface area (Å²) < 4.78 is 4.76. The quantitative estimate of drug-likeness (QED) is 0.875. The monoisotopic (exact) mass is 324 g/mol. The zero-order chi connectivity index (χ0) is 15.9. The average Bonchev–Trinajstić information content (AvgIpc) is 2.50. The van der Waals surface area contributed by atoms with Crippen molar-refractivity contribution in [1.82, 2.24) is 5.32 Å². The molecule has 1 aliphatic rings. The van der Waals surface area contributed by atoms with E-state index in [1.165, 1.54) is 13.5 Å². The highest BCUT2D eigenvalue weighted by atomic mass is 35.5. The van der Waals surface area contributed by atoms with Crippen LogP contribution in [0.15, 0.2) is 18.2 Å². The number of carbonyl (C=O) groups excluding carboxylic acids is 2. The Morgan fingerprint density at radius 3 is 2.68 bits per heavy atom. The molecule has 1 aromatic carbocycles. The molecule has 1 aliphatic carbocycles. The van der Waals surface area contributed by atoms with E-state index in [1.54, 1.807) is 18.2 Å². The van der Waals surface area contributed by atoms with Gasteiger partial charge in [-0.15, -0.1) is 0 Å². The van der Waals surface area contributed by atoms with Gasteiger partial charge in [0.15, 0.2) is 0 Å². The van der Waals surface area contributed by atoms with Gasteiger partial charge in [0.25, 0.3) is 5.91 Å². The van der Waals surface area contributed by atoms with E-state index < -0.39 is 0 Å². The molecule has 0 spiro atoms. The Morgan fingerprint density at radius 1 is 1.27 bits per heavy atom. The summed E-state index contributed by atoms with van der Waals surface area (Å²) in [4.78, 5) is 23.9. The van der Waals surface area contributed by atoms with Crippen LogP contribution in [0.4, 0.5) is 5.69 Å². The van der Waals surface area contributed by atoms with Crippen molar-refractivity contribution in [2.24, 2.45) is 0 Å². The van der Waals surface area contributed by atoms with Crippen molar-refractivity contribution in [3.63, 3.8) is 0 Å². The first-order valence-corrected chi connectivity index (χ1v) is 7.87. The lowest BCUT2D eigenvalue weighted by Crippen LogP contribution is -2.36. The topological polar surface area (TPSA) is 67.4 Å². The van der Waals surface area contributed by atoms with Gasteiger partial charge in [-0.25, -0.2) is 0 Å². The third-order valence-corrected chi connectivity index (χ3v) is 4.05. The van der Waals surface area contributed by atoms with E-state index in [-0.39, 0.29) is 24.5 Å². The van der Waals surface area contributed by atoms with Crippen molar-refractivity contribution >= 4 is 29.1 Å². The first kappa shape index (κ1) is 16.8. The van der Waals surface area contributed by atoms with Crippen LogP contribution in [0.2, 0.25) is 5.02 Å². The number of benzene rings is 1. The molecule has 0 aromatic heterocycles. The number of nitrogens with one attached hydrogen (secondary N) is 2. The second-order valence-corrected chi connectivity index (χ2v) is 5.89. The number of amides is 2. The van der Waals surface area contributed by atoms with Crippen molar-refractivity contribution in [3.05, 3.63) is 28.8 Å². The molecule has 2 rings (SSSR count). The number of ether oxygens (including phenoxy) is 1. The maximum absolute atomic E-state index is 12.3. The van der Waals surface area contributed by atoms with E-state index in [9.17, 15) is 9.59 Å². The number of methoxy groups -OCH3 is 1. The molecular weight excluding hydrogens is 304 g/mol. The SMILES string of the molecule is COCC(=O)Nc1cc(C(=O)NC2CCCCC2)ccc1Cl. The Labute approximate surface area is 135 Å². The van der Waals surface area contributed by atoms with Crippen LogP contribution >= 0.6 is 11.6 Å². The summed E-state index contributed by atoms with van der Waals surface area (Å²) in [5.74, 6) is -0.444. The third-order valence-electron chi connectivity index (χ3n) is 3.72. The standard InChI is InChI=1S/C16H21ClN2O3/c1-22-10-15(20)19-14-9-11(7-8-13(14)17)16(21)18-12-5-3-2-4-6-12/h7-9,12H,2-6,10H2,1H3,(H,18,21)(H,19,20). The smallest absolute Gasteiger partial charge is 0.251 e. The van der Waals surface area contributed by atoms with E-state index in [1.807, 2.05) is 0 Å². The number of hydrogen-bond acceptors (Lipinski definition) is 3. The molecule has 22 heavy (non-hydrogen) atoms. The van der Waals surface area contributed by atoms with Crippen LogP contribution < -0.4 is 10.6 Å². The van der Waals surface area contributed by atoms with Crippen LogP contribution in [0, 0.1) is 0 Å². The van der Waals surface area contributed by atoms with Gasteiger partial charge < -0.3 is 15.4 Å². The molecule has 0 atom stereocenters. The molecule has 120 valence electrons. The largest absolute Gasteiger partial charge is 0.375 e. The van der Waals surface area contributed by atoms with Crippen LogP contribution in [0.1, 0.15) is 42.5 Å². The van der Waals surface area contributed by atoms with Crippen molar-refractivity contribution in [2.45, 2.75) is 38.1 Å². The number of halogens is 1. The first-order chi connectivity index (χ1) is 10.6. The normalized spacial score (nSPS) is 15.4. The molecule has 0 aliphatic heterocycles. The fourth-order valence-electron chi connectivity index (χ4n) is 2.60. The van der Waals surface area contributed by atoms with E-state index in [2.05, 4.69) is 10.6 Å². The van der Waals surface area contributed by atoms with Crippen LogP contribution in [-0.4, -0.2) is 31.6 Å². The van der Waals surface area contributed by atoms with E-state index in [0.29, 0.717) is 16.3 Å². The average molecular weight is 325 g/mol. The number of carbonyl (C=O) groups is 2. The highest BCUT2D eigenvalue weighted by molar-refractivity contribution is 6.33. The summed E-state index contributed by atoms with van der Waals surface area (Å²) in [6.07, 6.45) is 5.60. The molecule has 0 saturated heterocycles. The van der Waals surface area contributed by atoms with Gasteiger partial charge in [-0.2, -0.15) is 0 Å². The van der Waals surface area contributed by atoms with Crippen LogP contribution in [-0.2, 0) is 9.53 Å². The summed E-state index contributed by atoms with van der Waals surface area (Å²) >= 11 is 6.05. The van der Waals surface area contributed by atoms with Crippen molar-refractivity contribution in [2.75, 3.05) is 19.0 Å². The minimum absolute atomic E-state index is 0.0607. The molecule has 0 bridgehead atoms. The molecule has 0 radical (unpaired) electrons. The van der Waals surface area contributed by atoms with Crippen molar-refractivity contribution in [1.29, 1.82) is 0 Å². The van der Waals surface area contributed by atoms with Gasteiger partial charge in [0.2, 0.25) is 5.91 Å². The third kappa shape index (κ3) is 4.71. The van der Waals surface area contributed by atoms with Gasteiger partial charge >= 0.3 is 0 Å². The summed E-state index contributed by atoms with van der Waals surface area (Å²) in [7, 11) is 1.44. The molecule has 6 heteroatoms.